The fourth-order valence-corrected chi connectivity index (χ4v) is 0.433. The first-order valence-electron chi connectivity index (χ1n) is 2.45. The van der Waals surface area contributed by atoms with Crippen molar-refractivity contribution in [2.75, 3.05) is 0 Å². The molecule has 2 N–H and O–H groups in total. The minimum absolute atomic E-state index is 0.402. The highest BCUT2D eigenvalue weighted by atomic mass is 16.7. The predicted octanol–water partition coefficient (Wildman–Crippen LogP) is -0.656. The fourth-order valence-electron chi connectivity index (χ4n) is 0.433. The van der Waals surface area contributed by atoms with E-state index in [0.29, 0.717) is 0 Å². The van der Waals surface area contributed by atoms with Gasteiger partial charge in [-0.2, -0.15) is 0 Å². The summed E-state index contributed by atoms with van der Waals surface area (Å²) in [4.78, 5) is 9.81. The van der Waals surface area contributed by atoms with Gasteiger partial charge in [-0.25, -0.2) is 4.79 Å². The smallest absolute Gasteiger partial charge is 0.328 e. The Kier molecular flexibility index (Phi) is 1.50. The van der Waals surface area contributed by atoms with E-state index in [9.17, 15) is 4.79 Å². The maximum atomic E-state index is 9.81. The van der Waals surface area contributed by atoms with Crippen molar-refractivity contribution in [2.24, 2.45) is 0 Å². The Labute approximate surface area is 51.4 Å². The van der Waals surface area contributed by atoms with Crippen LogP contribution in [0.5, 0.6) is 0 Å². The number of epoxide rings is 1. The Hall–Kier alpha value is -0.870. The molecule has 9 heavy (non-hydrogen) atoms. The summed E-state index contributed by atoms with van der Waals surface area (Å²) in [6.45, 7) is 0. The van der Waals surface area contributed by atoms with Crippen LogP contribution in [0, 0.1) is 0 Å². The molecule has 0 amide bonds. The zero-order valence-electron chi connectivity index (χ0n) is 4.52. The van der Waals surface area contributed by atoms with Crippen molar-refractivity contribution in [1.29, 1.82) is 0 Å². The summed E-state index contributed by atoms with van der Waals surface area (Å²) in [7, 11) is 0. The largest absolute Gasteiger partial charge is 0.478 e. The molecule has 0 radical (unpaired) electrons. The van der Waals surface area contributed by atoms with Gasteiger partial charge in [-0.05, 0) is 6.08 Å². The van der Waals surface area contributed by atoms with E-state index < -0.39 is 18.4 Å². The van der Waals surface area contributed by atoms with Crippen LogP contribution in [0.2, 0.25) is 0 Å². The average molecular weight is 130 g/mol. The van der Waals surface area contributed by atoms with Gasteiger partial charge in [0.25, 0.3) is 0 Å². The molecule has 1 rings (SSSR count). The van der Waals surface area contributed by atoms with Crippen LogP contribution >= 0.6 is 0 Å². The van der Waals surface area contributed by atoms with Gasteiger partial charge in [-0.1, -0.05) is 0 Å². The molecule has 50 valence electrons. The third-order valence-corrected chi connectivity index (χ3v) is 0.929. The second kappa shape index (κ2) is 2.16. The first-order valence-corrected chi connectivity index (χ1v) is 2.45. The summed E-state index contributed by atoms with van der Waals surface area (Å²) in [5.74, 6) is -1.03. The highest BCUT2D eigenvalue weighted by Crippen LogP contribution is 2.19. The first kappa shape index (κ1) is 6.25. The molecular formula is C5H6O4. The summed E-state index contributed by atoms with van der Waals surface area (Å²) < 4.78 is 4.47. The van der Waals surface area contributed by atoms with Crippen molar-refractivity contribution in [3.8, 4) is 0 Å². The molecule has 1 aliphatic heterocycles. The van der Waals surface area contributed by atoms with Gasteiger partial charge in [0.15, 0.2) is 6.29 Å². The van der Waals surface area contributed by atoms with Crippen molar-refractivity contribution in [3.05, 3.63) is 12.2 Å². The lowest BCUT2D eigenvalue weighted by molar-refractivity contribution is -0.131. The minimum Gasteiger partial charge on any atom is -0.478 e. The van der Waals surface area contributed by atoms with Crippen molar-refractivity contribution in [1.82, 2.24) is 0 Å². The maximum absolute atomic E-state index is 9.81. The van der Waals surface area contributed by atoms with Crippen LogP contribution in [0.15, 0.2) is 12.2 Å². The van der Waals surface area contributed by atoms with Crippen LogP contribution in [0.3, 0.4) is 0 Å². The molecule has 1 aliphatic rings. The van der Waals surface area contributed by atoms with E-state index in [-0.39, 0.29) is 0 Å². The Balaban J connectivity index is 2.25. The standard InChI is InChI=1S/C5H6O4/c6-4(7)2-1-3-5(8)9-3/h1-3,5,8H,(H,6,7). The third kappa shape index (κ3) is 1.83. The summed E-state index contributed by atoms with van der Waals surface area (Å²) in [5, 5.41) is 16.5. The van der Waals surface area contributed by atoms with Crippen LogP contribution in [0.1, 0.15) is 0 Å². The number of hydrogen-bond donors (Lipinski definition) is 2. The van der Waals surface area contributed by atoms with Crippen molar-refractivity contribution in [2.45, 2.75) is 12.4 Å². The number of aliphatic hydroxyl groups excluding tert-OH is 1. The zero-order valence-corrected chi connectivity index (χ0v) is 4.52. The number of carbonyl (C=O) groups is 1. The molecule has 1 saturated heterocycles. The van der Waals surface area contributed by atoms with Crippen LogP contribution in [-0.4, -0.2) is 28.6 Å². The lowest BCUT2D eigenvalue weighted by atomic mass is 10.4. The number of aliphatic hydroxyl groups is 1. The first-order chi connectivity index (χ1) is 4.20. The van der Waals surface area contributed by atoms with Crippen LogP contribution in [0.25, 0.3) is 0 Å². The van der Waals surface area contributed by atoms with Gasteiger partial charge >= 0.3 is 5.97 Å². The molecule has 4 heteroatoms. The average Bonchev–Trinajstić information content (AvgIpc) is 2.42. The summed E-state index contributed by atoms with van der Waals surface area (Å²) in [6.07, 6.45) is 1.05. The van der Waals surface area contributed by atoms with Gasteiger partial charge in [-0.15, -0.1) is 0 Å². The monoisotopic (exact) mass is 130 g/mol. The van der Waals surface area contributed by atoms with E-state index >= 15 is 0 Å². The van der Waals surface area contributed by atoms with Crippen LogP contribution in [-0.2, 0) is 9.53 Å². The summed E-state index contributed by atoms with van der Waals surface area (Å²) >= 11 is 0. The molecule has 1 heterocycles. The van der Waals surface area contributed by atoms with Gasteiger partial charge in [0.2, 0.25) is 0 Å². The van der Waals surface area contributed by atoms with E-state index in [1.165, 1.54) is 6.08 Å². The maximum Gasteiger partial charge on any atom is 0.328 e. The van der Waals surface area contributed by atoms with Crippen LogP contribution < -0.4 is 0 Å². The highest BCUT2D eigenvalue weighted by Gasteiger charge is 2.34. The highest BCUT2D eigenvalue weighted by molar-refractivity contribution is 5.79. The Morgan fingerprint density at radius 2 is 2.22 bits per heavy atom. The number of carboxylic acid groups (broad SMARTS) is 1. The summed E-state index contributed by atoms with van der Waals surface area (Å²) in [5.41, 5.74) is 0. The summed E-state index contributed by atoms with van der Waals surface area (Å²) in [6, 6.07) is 0. The Morgan fingerprint density at radius 1 is 1.67 bits per heavy atom. The Bertz CT molecular complexity index is 151. The molecular weight excluding hydrogens is 124 g/mol. The second-order valence-electron chi connectivity index (χ2n) is 1.69. The third-order valence-electron chi connectivity index (χ3n) is 0.929. The van der Waals surface area contributed by atoms with Crippen molar-refractivity contribution >= 4 is 5.97 Å². The molecule has 0 aromatic heterocycles. The molecule has 0 spiro atoms. The topological polar surface area (TPSA) is 70.1 Å². The van der Waals surface area contributed by atoms with Gasteiger partial charge in [0.05, 0.1) is 0 Å². The molecule has 1 fully saturated rings. The number of aliphatic carboxylic acids is 1. The number of ether oxygens (including phenoxy) is 1. The van der Waals surface area contributed by atoms with Crippen molar-refractivity contribution in [3.63, 3.8) is 0 Å². The number of rotatable bonds is 2. The van der Waals surface area contributed by atoms with Crippen LogP contribution in [0.4, 0.5) is 0 Å². The van der Waals surface area contributed by atoms with Crippen molar-refractivity contribution < 1.29 is 19.7 Å². The normalized spacial score (nSPS) is 33.0. The van der Waals surface area contributed by atoms with E-state index in [1.807, 2.05) is 0 Å². The second-order valence-corrected chi connectivity index (χ2v) is 1.69. The molecule has 0 aromatic rings. The predicted molar refractivity (Wildman–Crippen MR) is 27.7 cm³/mol. The SMILES string of the molecule is O=C(O)C=CC1OC1O. The number of carboxylic acids is 1. The Morgan fingerprint density at radius 3 is 2.56 bits per heavy atom. The number of hydrogen-bond acceptors (Lipinski definition) is 3. The van der Waals surface area contributed by atoms with Gasteiger partial charge in [-0.3, -0.25) is 0 Å². The van der Waals surface area contributed by atoms with E-state index in [1.54, 1.807) is 0 Å². The minimum atomic E-state index is -1.03. The lowest BCUT2D eigenvalue weighted by Gasteiger charge is -1.74. The zero-order chi connectivity index (χ0) is 6.85. The van der Waals surface area contributed by atoms with E-state index in [4.69, 9.17) is 10.2 Å². The molecule has 0 aromatic carbocycles. The molecule has 0 saturated carbocycles. The lowest BCUT2D eigenvalue weighted by Crippen LogP contribution is -1.90. The van der Waals surface area contributed by atoms with Gasteiger partial charge in [0.1, 0.15) is 6.10 Å². The van der Waals surface area contributed by atoms with Gasteiger partial charge in [0, 0.05) is 6.08 Å². The molecule has 4 nitrogen and oxygen atoms in total. The quantitative estimate of drug-likeness (QED) is 0.384. The molecule has 0 bridgehead atoms. The molecule has 2 unspecified atom stereocenters. The molecule has 2 atom stereocenters. The molecule has 0 aliphatic carbocycles. The fraction of sp³-hybridized carbons (Fsp3) is 0.400. The van der Waals surface area contributed by atoms with E-state index in [0.717, 1.165) is 6.08 Å². The van der Waals surface area contributed by atoms with Gasteiger partial charge < -0.3 is 14.9 Å². The van der Waals surface area contributed by atoms with E-state index in [2.05, 4.69) is 4.74 Å².